The van der Waals surface area contributed by atoms with Gasteiger partial charge in [0.2, 0.25) is 5.91 Å². The first kappa shape index (κ1) is 21.5. The van der Waals surface area contributed by atoms with E-state index < -0.39 is 34.9 Å². The lowest BCUT2D eigenvalue weighted by molar-refractivity contribution is -0.385. The fourth-order valence-electron chi connectivity index (χ4n) is 4.30. The Kier molecular flexibility index (Phi) is 5.89. The third-order valence-electron chi connectivity index (χ3n) is 5.99. The maximum absolute atomic E-state index is 12.9. The number of amides is 3. The molecule has 2 aromatic rings. The van der Waals surface area contributed by atoms with E-state index in [9.17, 15) is 24.5 Å². The van der Waals surface area contributed by atoms with Gasteiger partial charge in [-0.25, -0.2) is 0 Å². The zero-order chi connectivity index (χ0) is 22.8. The minimum atomic E-state index is -0.812. The first-order valence-electron chi connectivity index (χ1n) is 10.6. The number of anilines is 1. The summed E-state index contributed by atoms with van der Waals surface area (Å²) in [6, 6.07) is 11.8. The molecule has 9 heteroatoms. The summed E-state index contributed by atoms with van der Waals surface area (Å²) in [5, 5.41) is 11.3. The molecule has 0 unspecified atom stereocenters. The number of nitro benzene ring substituents is 1. The summed E-state index contributed by atoms with van der Waals surface area (Å²) in [4.78, 5) is 53.4. The van der Waals surface area contributed by atoms with E-state index in [0.29, 0.717) is 6.54 Å². The quantitative estimate of drug-likeness (QED) is 0.392. The molecule has 2 aliphatic heterocycles. The lowest BCUT2D eigenvalue weighted by Crippen LogP contribution is -2.41. The standard InChI is InChI=1S/C23H24N4O5/c1-24(14-16-8-3-4-10-18(16)25-12-5-2-6-13-25)20(28)15-26-22(29)17-9-7-11-19(27(31)32)21(17)23(26)30/h3-4,7-11H,2,5-6,12-15H2,1H3. The van der Waals surface area contributed by atoms with E-state index in [0.717, 1.165) is 42.1 Å². The smallest absolute Gasteiger partial charge is 0.282 e. The van der Waals surface area contributed by atoms with Gasteiger partial charge in [-0.3, -0.25) is 29.4 Å². The number of benzene rings is 2. The zero-order valence-electron chi connectivity index (χ0n) is 17.8. The molecule has 0 atom stereocenters. The molecule has 2 aliphatic rings. The highest BCUT2D eigenvalue weighted by Gasteiger charge is 2.42. The van der Waals surface area contributed by atoms with Gasteiger partial charge in [-0.1, -0.05) is 24.3 Å². The van der Waals surface area contributed by atoms with Gasteiger partial charge in [0.15, 0.2) is 0 Å². The largest absolute Gasteiger partial charge is 0.371 e. The van der Waals surface area contributed by atoms with Crippen LogP contribution in [0.15, 0.2) is 42.5 Å². The Labute approximate surface area is 185 Å². The molecule has 0 radical (unpaired) electrons. The summed E-state index contributed by atoms with van der Waals surface area (Å²) in [7, 11) is 1.62. The van der Waals surface area contributed by atoms with E-state index >= 15 is 0 Å². The van der Waals surface area contributed by atoms with Gasteiger partial charge in [0, 0.05) is 38.4 Å². The molecule has 0 bridgehead atoms. The van der Waals surface area contributed by atoms with Crippen molar-refractivity contribution in [2.75, 3.05) is 31.6 Å². The van der Waals surface area contributed by atoms with Crippen molar-refractivity contribution in [1.82, 2.24) is 9.80 Å². The highest BCUT2D eigenvalue weighted by atomic mass is 16.6. The Bertz CT molecular complexity index is 1090. The minimum Gasteiger partial charge on any atom is -0.371 e. The molecule has 4 rings (SSSR count). The van der Waals surface area contributed by atoms with Gasteiger partial charge in [-0.15, -0.1) is 0 Å². The molecule has 32 heavy (non-hydrogen) atoms. The molecule has 3 amide bonds. The third-order valence-corrected chi connectivity index (χ3v) is 5.99. The fraction of sp³-hybridized carbons (Fsp3) is 0.348. The van der Waals surface area contributed by atoms with Crippen LogP contribution in [-0.4, -0.2) is 59.1 Å². The van der Waals surface area contributed by atoms with Crippen LogP contribution in [-0.2, 0) is 11.3 Å². The van der Waals surface area contributed by atoms with Gasteiger partial charge < -0.3 is 9.80 Å². The van der Waals surface area contributed by atoms with Gasteiger partial charge in [0.05, 0.1) is 10.5 Å². The molecule has 0 N–H and O–H groups in total. The third kappa shape index (κ3) is 3.93. The van der Waals surface area contributed by atoms with Gasteiger partial charge in [-0.2, -0.15) is 0 Å². The second kappa shape index (κ2) is 8.78. The first-order chi connectivity index (χ1) is 15.4. The lowest BCUT2D eigenvalue weighted by atomic mass is 10.1. The second-order valence-electron chi connectivity index (χ2n) is 8.08. The van der Waals surface area contributed by atoms with Gasteiger partial charge >= 0.3 is 0 Å². The summed E-state index contributed by atoms with van der Waals surface area (Å²) in [6.45, 7) is 1.81. The fourth-order valence-corrected chi connectivity index (χ4v) is 4.30. The molecule has 166 valence electrons. The number of nitro groups is 1. The van der Waals surface area contributed by atoms with Gasteiger partial charge in [0.25, 0.3) is 17.5 Å². The van der Waals surface area contributed by atoms with Crippen molar-refractivity contribution in [1.29, 1.82) is 0 Å². The van der Waals surface area contributed by atoms with Crippen molar-refractivity contribution in [2.24, 2.45) is 0 Å². The Hall–Kier alpha value is -3.75. The maximum atomic E-state index is 12.9. The molecule has 0 spiro atoms. The van der Waals surface area contributed by atoms with Crippen LogP contribution in [0.1, 0.15) is 45.5 Å². The monoisotopic (exact) mass is 436 g/mol. The van der Waals surface area contributed by atoms with Crippen LogP contribution >= 0.6 is 0 Å². The van der Waals surface area contributed by atoms with Crippen LogP contribution in [0.25, 0.3) is 0 Å². The number of imide groups is 1. The number of rotatable bonds is 6. The first-order valence-corrected chi connectivity index (χ1v) is 10.6. The van der Waals surface area contributed by atoms with E-state index in [2.05, 4.69) is 4.90 Å². The number of fused-ring (bicyclic) bond motifs is 1. The number of para-hydroxylation sites is 1. The minimum absolute atomic E-state index is 0.0462. The van der Waals surface area contributed by atoms with E-state index in [-0.39, 0.29) is 11.1 Å². The van der Waals surface area contributed by atoms with Crippen molar-refractivity contribution >= 4 is 29.1 Å². The molecule has 0 aromatic heterocycles. The van der Waals surface area contributed by atoms with Crippen LogP contribution < -0.4 is 4.90 Å². The molecular weight excluding hydrogens is 412 g/mol. The molecule has 2 aromatic carbocycles. The Morgan fingerprint density at radius 2 is 1.75 bits per heavy atom. The number of hydrogen-bond donors (Lipinski definition) is 0. The molecule has 1 fully saturated rings. The summed E-state index contributed by atoms with van der Waals surface area (Å²) in [6.07, 6.45) is 3.49. The normalized spacial score (nSPS) is 15.7. The highest BCUT2D eigenvalue weighted by molar-refractivity contribution is 6.24. The summed E-state index contributed by atoms with van der Waals surface area (Å²) in [5.74, 6) is -1.92. The second-order valence-corrected chi connectivity index (χ2v) is 8.08. The molecular formula is C23H24N4O5. The predicted octanol–water partition coefficient (Wildman–Crippen LogP) is 2.84. The van der Waals surface area contributed by atoms with E-state index in [1.165, 1.54) is 29.5 Å². The Morgan fingerprint density at radius 1 is 1.03 bits per heavy atom. The highest BCUT2D eigenvalue weighted by Crippen LogP contribution is 2.31. The molecule has 0 saturated carbocycles. The van der Waals surface area contributed by atoms with Crippen LogP contribution in [0.5, 0.6) is 0 Å². The van der Waals surface area contributed by atoms with E-state index in [1.54, 1.807) is 7.05 Å². The topological polar surface area (TPSA) is 104 Å². The van der Waals surface area contributed by atoms with Crippen LogP contribution in [0.3, 0.4) is 0 Å². The summed E-state index contributed by atoms with van der Waals surface area (Å²) >= 11 is 0. The predicted molar refractivity (Wildman–Crippen MR) is 117 cm³/mol. The van der Waals surface area contributed by atoms with Crippen LogP contribution in [0.4, 0.5) is 11.4 Å². The van der Waals surface area contributed by atoms with Crippen molar-refractivity contribution in [3.63, 3.8) is 0 Å². The number of likely N-dealkylation sites (N-methyl/N-ethyl adjacent to an activating group) is 1. The number of nitrogens with zero attached hydrogens (tertiary/aromatic N) is 4. The average Bonchev–Trinajstić information content (AvgIpc) is 3.04. The zero-order valence-corrected chi connectivity index (χ0v) is 17.8. The van der Waals surface area contributed by atoms with Crippen molar-refractivity contribution in [3.05, 3.63) is 69.3 Å². The van der Waals surface area contributed by atoms with Gasteiger partial charge in [-0.05, 0) is 37.0 Å². The van der Waals surface area contributed by atoms with E-state index in [4.69, 9.17) is 0 Å². The SMILES string of the molecule is CN(Cc1ccccc1N1CCCCC1)C(=O)CN1C(=O)c2cccc([N+](=O)[O-])c2C1=O. The lowest BCUT2D eigenvalue weighted by Gasteiger charge is -2.31. The molecule has 9 nitrogen and oxygen atoms in total. The van der Waals surface area contributed by atoms with E-state index in [1.807, 2.05) is 24.3 Å². The van der Waals surface area contributed by atoms with Crippen LogP contribution in [0.2, 0.25) is 0 Å². The van der Waals surface area contributed by atoms with Crippen LogP contribution in [0, 0.1) is 10.1 Å². The Balaban J connectivity index is 1.48. The number of carbonyl (C=O) groups excluding carboxylic acids is 3. The van der Waals surface area contributed by atoms with Crippen molar-refractivity contribution in [3.8, 4) is 0 Å². The average molecular weight is 436 g/mol. The summed E-state index contributed by atoms with van der Waals surface area (Å²) < 4.78 is 0. The van der Waals surface area contributed by atoms with Crippen molar-refractivity contribution < 1.29 is 19.3 Å². The van der Waals surface area contributed by atoms with Crippen molar-refractivity contribution in [2.45, 2.75) is 25.8 Å². The number of hydrogen-bond acceptors (Lipinski definition) is 6. The maximum Gasteiger partial charge on any atom is 0.282 e. The number of piperidine rings is 1. The van der Waals surface area contributed by atoms with Gasteiger partial charge in [0.1, 0.15) is 12.1 Å². The Morgan fingerprint density at radius 3 is 2.47 bits per heavy atom. The number of carbonyl (C=O) groups is 3. The molecule has 1 saturated heterocycles. The molecule has 0 aliphatic carbocycles. The molecule has 2 heterocycles. The summed E-state index contributed by atoms with van der Waals surface area (Å²) in [5.41, 5.74) is 1.34.